The molecule has 0 radical (unpaired) electrons. The number of rotatable bonds is 10. The minimum Gasteiger partial charge on any atom is -0.250 e. The number of aromatic amines is 1. The van der Waals surface area contributed by atoms with E-state index in [2.05, 4.69) is 73.2 Å². The molecule has 23 heavy (non-hydrogen) atoms. The molecular formula is C21H33N2+. The van der Waals surface area contributed by atoms with Crippen molar-refractivity contribution in [3.8, 4) is 0 Å². The zero-order chi connectivity index (χ0) is 16.5. The number of nitrogens with zero attached hydrogens (tertiary/aromatic N) is 1. The summed E-state index contributed by atoms with van der Waals surface area (Å²) < 4.78 is 2.39. The lowest BCUT2D eigenvalue weighted by atomic mass is 9.82. The summed E-state index contributed by atoms with van der Waals surface area (Å²) in [5, 5.41) is 0. The number of aromatic nitrogens is 2. The van der Waals surface area contributed by atoms with E-state index < -0.39 is 0 Å². The Labute approximate surface area is 142 Å². The van der Waals surface area contributed by atoms with Crippen molar-refractivity contribution in [2.75, 3.05) is 0 Å². The summed E-state index contributed by atoms with van der Waals surface area (Å²) in [4.78, 5) is 3.22. The van der Waals surface area contributed by atoms with Gasteiger partial charge in [-0.3, -0.25) is 4.98 Å². The van der Waals surface area contributed by atoms with Crippen LogP contribution in [0.3, 0.4) is 0 Å². The zero-order valence-corrected chi connectivity index (χ0v) is 15.0. The highest BCUT2D eigenvalue weighted by Gasteiger charge is 2.29. The molecule has 0 aliphatic heterocycles. The summed E-state index contributed by atoms with van der Waals surface area (Å²) in [5.74, 6) is 1.32. The van der Waals surface area contributed by atoms with E-state index >= 15 is 0 Å². The third-order valence-electron chi connectivity index (χ3n) is 4.85. The Hall–Kier alpha value is -1.57. The maximum atomic E-state index is 3.22. The fourth-order valence-electron chi connectivity index (χ4n) is 3.76. The highest BCUT2D eigenvalue weighted by atomic mass is 15.1. The van der Waals surface area contributed by atoms with Gasteiger partial charge in [0.1, 0.15) is 18.4 Å². The average Bonchev–Trinajstić information content (AvgIpc) is 3.06. The van der Waals surface area contributed by atoms with Gasteiger partial charge in [-0.15, -0.1) is 0 Å². The molecule has 0 amide bonds. The first kappa shape index (κ1) is 17.8. The van der Waals surface area contributed by atoms with Crippen LogP contribution in [0.2, 0.25) is 0 Å². The van der Waals surface area contributed by atoms with Gasteiger partial charge in [0.2, 0.25) is 6.33 Å². The summed E-state index contributed by atoms with van der Waals surface area (Å²) in [5.41, 5.74) is 1.47. The van der Waals surface area contributed by atoms with Gasteiger partial charge in [-0.05, 0) is 24.3 Å². The van der Waals surface area contributed by atoms with Crippen molar-refractivity contribution in [1.82, 2.24) is 4.98 Å². The molecule has 0 aliphatic carbocycles. The molecule has 0 aliphatic rings. The van der Waals surface area contributed by atoms with Gasteiger partial charge in [-0.2, -0.15) is 0 Å². The van der Waals surface area contributed by atoms with E-state index in [4.69, 9.17) is 0 Å². The Morgan fingerprint density at radius 1 is 1.04 bits per heavy atom. The number of imidazole rings is 1. The number of hydrogen-bond donors (Lipinski definition) is 1. The van der Waals surface area contributed by atoms with E-state index in [0.717, 1.165) is 0 Å². The fraction of sp³-hybridized carbons (Fsp3) is 0.571. The zero-order valence-electron chi connectivity index (χ0n) is 15.0. The quantitative estimate of drug-likeness (QED) is 0.452. The first-order valence-electron chi connectivity index (χ1n) is 9.29. The summed E-state index contributed by atoms with van der Waals surface area (Å²) in [6.07, 6.45) is 14.2. The Bertz CT molecular complexity index is 516. The summed E-state index contributed by atoms with van der Waals surface area (Å²) in [6, 6.07) is 11.6. The molecule has 126 valence electrons. The molecule has 1 heterocycles. The number of nitrogens with one attached hydrogen (secondary N) is 1. The molecule has 2 atom stereocenters. The lowest BCUT2D eigenvalue weighted by Gasteiger charge is -2.28. The van der Waals surface area contributed by atoms with E-state index in [1.54, 1.807) is 0 Å². The van der Waals surface area contributed by atoms with E-state index in [1.165, 1.54) is 44.1 Å². The second kappa shape index (κ2) is 9.54. The van der Waals surface area contributed by atoms with Crippen LogP contribution in [-0.2, 0) is 6.42 Å². The lowest BCUT2D eigenvalue weighted by molar-refractivity contribution is -0.735. The summed E-state index contributed by atoms with van der Waals surface area (Å²) >= 11 is 0. The monoisotopic (exact) mass is 313 g/mol. The molecule has 1 aromatic heterocycles. The average molecular weight is 314 g/mol. The van der Waals surface area contributed by atoms with Crippen molar-refractivity contribution >= 4 is 0 Å². The van der Waals surface area contributed by atoms with Gasteiger partial charge in [0.25, 0.3) is 0 Å². The predicted octanol–water partition coefficient (Wildman–Crippen LogP) is 5.33. The highest BCUT2D eigenvalue weighted by Crippen LogP contribution is 2.29. The van der Waals surface area contributed by atoms with Gasteiger partial charge in [0, 0.05) is 5.92 Å². The molecule has 1 N–H and O–H groups in total. The molecular weight excluding hydrogens is 280 g/mol. The number of unbranched alkanes of at least 4 members (excludes halogenated alkanes) is 3. The maximum Gasteiger partial charge on any atom is 0.241 e. The second-order valence-electron chi connectivity index (χ2n) is 7.09. The predicted molar refractivity (Wildman–Crippen MR) is 97.3 cm³/mol. The first-order valence-corrected chi connectivity index (χ1v) is 9.29. The number of hydrogen-bond acceptors (Lipinski definition) is 0. The van der Waals surface area contributed by atoms with Crippen LogP contribution in [0, 0.1) is 11.8 Å². The molecule has 2 rings (SSSR count). The van der Waals surface area contributed by atoms with Crippen molar-refractivity contribution < 1.29 is 4.57 Å². The smallest absolute Gasteiger partial charge is 0.241 e. The maximum absolute atomic E-state index is 3.22. The topological polar surface area (TPSA) is 19.7 Å². The first-order chi connectivity index (χ1) is 11.2. The molecule has 0 saturated carbocycles. The van der Waals surface area contributed by atoms with E-state index in [0.29, 0.717) is 17.9 Å². The molecule has 1 aromatic carbocycles. The Morgan fingerprint density at radius 3 is 2.43 bits per heavy atom. The third-order valence-corrected chi connectivity index (χ3v) is 4.85. The molecule has 0 spiro atoms. The van der Waals surface area contributed by atoms with Crippen LogP contribution in [0.15, 0.2) is 49.1 Å². The van der Waals surface area contributed by atoms with Crippen molar-refractivity contribution in [3.05, 3.63) is 54.6 Å². The van der Waals surface area contributed by atoms with Gasteiger partial charge in [-0.1, -0.05) is 76.8 Å². The molecule has 2 unspecified atom stereocenters. The van der Waals surface area contributed by atoms with Crippen LogP contribution in [0.1, 0.15) is 64.5 Å². The Kier molecular flexibility index (Phi) is 7.38. The number of benzene rings is 1. The van der Waals surface area contributed by atoms with Crippen molar-refractivity contribution in [2.45, 2.75) is 65.3 Å². The van der Waals surface area contributed by atoms with Crippen LogP contribution in [0.25, 0.3) is 0 Å². The van der Waals surface area contributed by atoms with Gasteiger partial charge in [-0.25, -0.2) is 4.57 Å². The number of H-pyrrole nitrogens is 1. The van der Waals surface area contributed by atoms with Gasteiger partial charge < -0.3 is 0 Å². The molecule has 0 saturated heterocycles. The van der Waals surface area contributed by atoms with Crippen LogP contribution < -0.4 is 4.57 Å². The summed E-state index contributed by atoms with van der Waals surface area (Å²) in [6.45, 7) is 7.00. The van der Waals surface area contributed by atoms with Gasteiger partial charge in [0.15, 0.2) is 0 Å². The standard InChI is InChI=1S/C21H32N2/c1-4-5-6-10-13-20(16-19-11-8-7-9-12-19)21(18(2)3)23-15-14-22-17-23/h7-9,11-12,14-15,17-18,20-21H,4-6,10,13,16H2,1-3H3/p+1. The Morgan fingerprint density at radius 2 is 1.83 bits per heavy atom. The van der Waals surface area contributed by atoms with Crippen molar-refractivity contribution in [3.63, 3.8) is 0 Å². The van der Waals surface area contributed by atoms with Crippen LogP contribution in [0.4, 0.5) is 0 Å². The normalized spacial score (nSPS) is 14.1. The third kappa shape index (κ3) is 5.53. The minimum atomic E-state index is 0.558. The van der Waals surface area contributed by atoms with Crippen molar-refractivity contribution in [1.29, 1.82) is 0 Å². The van der Waals surface area contributed by atoms with Crippen LogP contribution in [0.5, 0.6) is 0 Å². The lowest BCUT2D eigenvalue weighted by Crippen LogP contribution is -2.45. The fourth-order valence-corrected chi connectivity index (χ4v) is 3.76. The van der Waals surface area contributed by atoms with Crippen LogP contribution in [-0.4, -0.2) is 4.98 Å². The molecule has 2 heteroatoms. The summed E-state index contributed by atoms with van der Waals surface area (Å²) in [7, 11) is 0. The molecule has 0 bridgehead atoms. The highest BCUT2D eigenvalue weighted by molar-refractivity contribution is 5.15. The molecule has 0 fully saturated rings. The minimum absolute atomic E-state index is 0.558. The van der Waals surface area contributed by atoms with Gasteiger partial charge in [0.05, 0.1) is 0 Å². The Balaban J connectivity index is 2.12. The molecule has 2 nitrogen and oxygen atoms in total. The second-order valence-corrected chi connectivity index (χ2v) is 7.09. The SMILES string of the molecule is CCCCCCC(Cc1ccccc1)C(C(C)C)[n+]1cc[nH]c1. The van der Waals surface area contributed by atoms with E-state index in [-0.39, 0.29) is 0 Å². The largest absolute Gasteiger partial charge is 0.250 e. The van der Waals surface area contributed by atoms with Gasteiger partial charge >= 0.3 is 0 Å². The van der Waals surface area contributed by atoms with Crippen LogP contribution >= 0.6 is 0 Å². The van der Waals surface area contributed by atoms with E-state index in [9.17, 15) is 0 Å². The van der Waals surface area contributed by atoms with E-state index in [1.807, 2.05) is 6.20 Å². The molecule has 2 aromatic rings. The van der Waals surface area contributed by atoms with Crippen molar-refractivity contribution in [2.24, 2.45) is 11.8 Å².